The van der Waals surface area contributed by atoms with Crippen LogP contribution in [0.1, 0.15) is 18.1 Å². The van der Waals surface area contributed by atoms with Gasteiger partial charge in [0, 0.05) is 39.4 Å². The number of hydrogen-bond donors (Lipinski definition) is 0. The van der Waals surface area contributed by atoms with Gasteiger partial charge in [0.05, 0.1) is 6.33 Å². The van der Waals surface area contributed by atoms with E-state index in [1.165, 1.54) is 11.6 Å². The van der Waals surface area contributed by atoms with Crippen LogP contribution >= 0.6 is 11.6 Å². The molecule has 0 atom stereocenters. The number of nitrogens with zero attached hydrogens (tertiary/aromatic N) is 6. The van der Waals surface area contributed by atoms with Gasteiger partial charge in [-0.3, -0.25) is 13.9 Å². The van der Waals surface area contributed by atoms with Gasteiger partial charge in [-0.05, 0) is 6.42 Å². The lowest BCUT2D eigenvalue weighted by Gasteiger charge is -2.05. The molecule has 3 rings (SSSR count). The SMILES string of the molecule is Cn1c(=O)c2c(ncn2CCc2noc(CCCCl)n2)n(C)c1=O. The molecule has 3 aromatic rings. The minimum absolute atomic E-state index is 0.360. The van der Waals surface area contributed by atoms with Gasteiger partial charge in [-0.15, -0.1) is 11.6 Å². The summed E-state index contributed by atoms with van der Waals surface area (Å²) < 4.78 is 9.27. The number of halogens is 1. The molecule has 0 radical (unpaired) electrons. The maximum absolute atomic E-state index is 12.3. The fraction of sp³-hybridized carbons (Fsp3) is 0.500. The van der Waals surface area contributed by atoms with E-state index in [4.69, 9.17) is 16.1 Å². The molecular formula is C14H17ClN6O3. The molecule has 9 nitrogen and oxygen atoms in total. The first-order valence-electron chi connectivity index (χ1n) is 7.51. The number of hydrogen-bond acceptors (Lipinski definition) is 6. The van der Waals surface area contributed by atoms with Crippen molar-refractivity contribution in [2.45, 2.75) is 25.8 Å². The van der Waals surface area contributed by atoms with Crippen LogP contribution in [-0.4, -0.2) is 34.7 Å². The molecular weight excluding hydrogens is 336 g/mol. The normalized spacial score (nSPS) is 11.5. The maximum atomic E-state index is 12.3. The molecule has 0 bridgehead atoms. The van der Waals surface area contributed by atoms with Gasteiger partial charge in [-0.1, -0.05) is 5.16 Å². The second-order valence-electron chi connectivity index (χ2n) is 5.46. The van der Waals surface area contributed by atoms with Gasteiger partial charge < -0.3 is 9.09 Å². The Balaban J connectivity index is 1.85. The van der Waals surface area contributed by atoms with Gasteiger partial charge in [-0.2, -0.15) is 4.98 Å². The van der Waals surface area contributed by atoms with E-state index in [1.807, 2.05) is 0 Å². The topological polar surface area (TPSA) is 101 Å². The summed E-state index contributed by atoms with van der Waals surface area (Å²) in [4.78, 5) is 32.7. The molecule has 0 aliphatic rings. The Kier molecular flexibility index (Phi) is 4.52. The lowest BCUT2D eigenvalue weighted by molar-refractivity contribution is 0.371. The van der Waals surface area contributed by atoms with Crippen molar-refractivity contribution in [3.63, 3.8) is 0 Å². The summed E-state index contributed by atoms with van der Waals surface area (Å²) in [6.07, 6.45) is 3.45. The summed E-state index contributed by atoms with van der Waals surface area (Å²) >= 11 is 5.64. The molecule has 0 amide bonds. The molecule has 10 heteroatoms. The Labute approximate surface area is 141 Å². The van der Waals surface area contributed by atoms with Gasteiger partial charge in [-0.25, -0.2) is 9.78 Å². The van der Waals surface area contributed by atoms with Crippen molar-refractivity contribution in [2.75, 3.05) is 5.88 Å². The van der Waals surface area contributed by atoms with E-state index in [2.05, 4.69) is 15.1 Å². The summed E-state index contributed by atoms with van der Waals surface area (Å²) in [5.41, 5.74) is -0.0363. The quantitative estimate of drug-likeness (QED) is 0.589. The van der Waals surface area contributed by atoms with E-state index in [-0.39, 0.29) is 5.56 Å². The predicted molar refractivity (Wildman–Crippen MR) is 87.3 cm³/mol. The Morgan fingerprint density at radius 3 is 2.75 bits per heavy atom. The van der Waals surface area contributed by atoms with Crippen molar-refractivity contribution >= 4 is 22.8 Å². The fourth-order valence-electron chi connectivity index (χ4n) is 2.50. The first-order chi connectivity index (χ1) is 11.5. The van der Waals surface area contributed by atoms with E-state index >= 15 is 0 Å². The molecule has 0 N–H and O–H groups in total. The number of aryl methyl sites for hydroxylation is 4. The standard InChI is InChI=1S/C14H17ClN6O3/c1-19-12-11(13(22)20(2)14(19)23)21(8-16-12)7-5-9-17-10(24-18-9)4-3-6-15/h8H,3-7H2,1-2H3. The van der Waals surface area contributed by atoms with Crippen LogP contribution in [0.5, 0.6) is 0 Å². The summed E-state index contributed by atoms with van der Waals surface area (Å²) in [5, 5.41) is 3.92. The maximum Gasteiger partial charge on any atom is 0.332 e. The van der Waals surface area contributed by atoms with Crippen LogP contribution in [0.4, 0.5) is 0 Å². The van der Waals surface area contributed by atoms with Crippen LogP contribution in [0.2, 0.25) is 0 Å². The highest BCUT2D eigenvalue weighted by Crippen LogP contribution is 2.08. The van der Waals surface area contributed by atoms with Crippen molar-refractivity contribution in [2.24, 2.45) is 14.1 Å². The predicted octanol–water partition coefficient (Wildman–Crippen LogP) is 0.231. The molecule has 3 aromatic heterocycles. The van der Waals surface area contributed by atoms with Crippen LogP contribution in [0.25, 0.3) is 11.2 Å². The summed E-state index contributed by atoms with van der Waals surface area (Å²) in [7, 11) is 3.04. The number of rotatable bonds is 6. The van der Waals surface area contributed by atoms with Gasteiger partial charge in [0.1, 0.15) is 0 Å². The Bertz CT molecular complexity index is 983. The zero-order valence-electron chi connectivity index (χ0n) is 13.4. The summed E-state index contributed by atoms with van der Waals surface area (Å²) in [6, 6.07) is 0. The smallest absolute Gasteiger partial charge is 0.332 e. The molecule has 3 heterocycles. The molecule has 24 heavy (non-hydrogen) atoms. The van der Waals surface area contributed by atoms with Crippen molar-refractivity contribution in [3.8, 4) is 0 Å². The Morgan fingerprint density at radius 1 is 1.21 bits per heavy atom. The van der Waals surface area contributed by atoms with Gasteiger partial charge in [0.15, 0.2) is 17.0 Å². The largest absolute Gasteiger partial charge is 0.339 e. The third kappa shape index (κ3) is 2.86. The molecule has 0 aromatic carbocycles. The van der Waals surface area contributed by atoms with Gasteiger partial charge in [0.2, 0.25) is 5.89 Å². The van der Waals surface area contributed by atoms with Gasteiger partial charge >= 0.3 is 5.69 Å². The van der Waals surface area contributed by atoms with Crippen LogP contribution in [0.15, 0.2) is 20.4 Å². The van der Waals surface area contributed by atoms with E-state index < -0.39 is 5.69 Å². The summed E-state index contributed by atoms with van der Waals surface area (Å²) in [6.45, 7) is 0.457. The molecule has 0 aliphatic heterocycles. The van der Waals surface area contributed by atoms with E-state index in [1.54, 1.807) is 17.9 Å². The monoisotopic (exact) mass is 352 g/mol. The summed E-state index contributed by atoms with van der Waals surface area (Å²) in [5.74, 6) is 1.66. The number of imidazole rings is 1. The number of fused-ring (bicyclic) bond motifs is 1. The highest BCUT2D eigenvalue weighted by Gasteiger charge is 2.15. The van der Waals surface area contributed by atoms with Crippen molar-refractivity contribution < 1.29 is 4.52 Å². The third-order valence-corrected chi connectivity index (χ3v) is 4.10. The van der Waals surface area contributed by atoms with E-state index in [9.17, 15) is 9.59 Å². The van der Waals surface area contributed by atoms with Crippen molar-refractivity contribution in [1.82, 2.24) is 28.8 Å². The molecule has 0 saturated heterocycles. The van der Waals surface area contributed by atoms with E-state index in [0.717, 1.165) is 11.0 Å². The average molecular weight is 353 g/mol. The molecule has 0 saturated carbocycles. The highest BCUT2D eigenvalue weighted by molar-refractivity contribution is 6.17. The Hall–Kier alpha value is -2.42. The van der Waals surface area contributed by atoms with Gasteiger partial charge in [0.25, 0.3) is 5.56 Å². The van der Waals surface area contributed by atoms with Crippen LogP contribution in [0.3, 0.4) is 0 Å². The molecule has 0 spiro atoms. The number of aromatic nitrogens is 6. The van der Waals surface area contributed by atoms with E-state index in [0.29, 0.717) is 48.1 Å². The molecule has 0 unspecified atom stereocenters. The number of alkyl halides is 1. The second kappa shape index (κ2) is 6.60. The minimum atomic E-state index is -0.403. The average Bonchev–Trinajstić information content (AvgIpc) is 3.21. The first kappa shape index (κ1) is 16.4. The zero-order chi connectivity index (χ0) is 17.3. The minimum Gasteiger partial charge on any atom is -0.339 e. The second-order valence-corrected chi connectivity index (χ2v) is 5.84. The van der Waals surface area contributed by atoms with Crippen LogP contribution in [0, 0.1) is 0 Å². The molecule has 0 aliphatic carbocycles. The zero-order valence-corrected chi connectivity index (χ0v) is 14.2. The van der Waals surface area contributed by atoms with Crippen LogP contribution in [-0.2, 0) is 33.5 Å². The highest BCUT2D eigenvalue weighted by atomic mass is 35.5. The van der Waals surface area contributed by atoms with Crippen LogP contribution < -0.4 is 11.2 Å². The molecule has 0 fully saturated rings. The fourth-order valence-corrected chi connectivity index (χ4v) is 2.63. The van der Waals surface area contributed by atoms with Crippen molar-refractivity contribution in [1.29, 1.82) is 0 Å². The first-order valence-corrected chi connectivity index (χ1v) is 8.04. The van der Waals surface area contributed by atoms with Crippen molar-refractivity contribution in [3.05, 3.63) is 38.9 Å². The lowest BCUT2D eigenvalue weighted by Crippen LogP contribution is -2.37. The third-order valence-electron chi connectivity index (χ3n) is 3.83. The molecule has 128 valence electrons. The lowest BCUT2D eigenvalue weighted by atomic mass is 10.3. The Morgan fingerprint density at radius 2 is 2.00 bits per heavy atom.